The molecule has 0 radical (unpaired) electrons. The standard InChI is InChI=1S/C21H14N2O7/c24-19(12-28-21(25)10-7-14-6-9-20(29-14)23(26)27)22-13-5-8-18-16(11-13)15-3-1-2-4-17(15)30-18/h1-11H,12H2,(H,22,24)/b10-7+. The molecule has 0 aliphatic heterocycles. The highest BCUT2D eigenvalue weighted by Crippen LogP contribution is 2.30. The summed E-state index contributed by atoms with van der Waals surface area (Å²) in [4.78, 5) is 33.7. The normalized spacial score (nSPS) is 11.2. The van der Waals surface area contributed by atoms with Crippen molar-refractivity contribution >= 4 is 51.5 Å². The van der Waals surface area contributed by atoms with Crippen LogP contribution < -0.4 is 5.32 Å². The number of rotatable bonds is 6. The first-order valence-electron chi connectivity index (χ1n) is 8.80. The van der Waals surface area contributed by atoms with Crippen LogP contribution in [0.5, 0.6) is 0 Å². The van der Waals surface area contributed by atoms with Crippen LogP contribution in [0.25, 0.3) is 28.0 Å². The quantitative estimate of drug-likeness (QED) is 0.219. The van der Waals surface area contributed by atoms with Crippen LogP contribution in [0.2, 0.25) is 0 Å². The SMILES string of the molecule is O=C(COC(=O)/C=C/c1ccc([N+](=O)[O-])o1)Nc1ccc2oc3ccccc3c2c1. The van der Waals surface area contributed by atoms with Crippen LogP contribution in [0.3, 0.4) is 0 Å². The lowest BCUT2D eigenvalue weighted by Gasteiger charge is -2.05. The van der Waals surface area contributed by atoms with Crippen molar-refractivity contribution in [2.75, 3.05) is 11.9 Å². The molecule has 0 saturated carbocycles. The minimum atomic E-state index is -0.791. The van der Waals surface area contributed by atoms with E-state index in [0.717, 1.165) is 22.4 Å². The summed E-state index contributed by atoms with van der Waals surface area (Å²) in [5, 5.41) is 15.0. The lowest BCUT2D eigenvalue weighted by Crippen LogP contribution is -2.20. The fourth-order valence-electron chi connectivity index (χ4n) is 2.87. The second kappa shape index (κ2) is 7.92. The van der Waals surface area contributed by atoms with Gasteiger partial charge in [0.1, 0.15) is 21.8 Å². The van der Waals surface area contributed by atoms with Gasteiger partial charge in [0, 0.05) is 22.5 Å². The van der Waals surface area contributed by atoms with Gasteiger partial charge in [-0.3, -0.25) is 14.9 Å². The van der Waals surface area contributed by atoms with E-state index in [9.17, 15) is 19.7 Å². The highest BCUT2D eigenvalue weighted by atomic mass is 16.6. The molecule has 9 nitrogen and oxygen atoms in total. The van der Waals surface area contributed by atoms with Crippen LogP contribution in [0.15, 0.2) is 69.5 Å². The zero-order valence-electron chi connectivity index (χ0n) is 15.4. The van der Waals surface area contributed by atoms with Crippen molar-refractivity contribution < 1.29 is 28.1 Å². The van der Waals surface area contributed by atoms with Gasteiger partial charge in [0.25, 0.3) is 5.91 Å². The van der Waals surface area contributed by atoms with Crippen molar-refractivity contribution in [3.63, 3.8) is 0 Å². The Bertz CT molecular complexity index is 1300. The number of hydrogen-bond donors (Lipinski definition) is 1. The van der Waals surface area contributed by atoms with Crippen LogP contribution in [-0.2, 0) is 14.3 Å². The van der Waals surface area contributed by atoms with Gasteiger partial charge in [0.15, 0.2) is 6.61 Å². The molecule has 2 aromatic carbocycles. The molecule has 4 aromatic rings. The number of para-hydroxylation sites is 1. The van der Waals surface area contributed by atoms with Crippen LogP contribution in [0.1, 0.15) is 5.76 Å². The second-order valence-corrected chi connectivity index (χ2v) is 6.23. The van der Waals surface area contributed by atoms with Gasteiger partial charge < -0.3 is 18.9 Å². The fourth-order valence-corrected chi connectivity index (χ4v) is 2.87. The van der Waals surface area contributed by atoms with Gasteiger partial charge in [0.05, 0.1) is 6.07 Å². The molecule has 1 N–H and O–H groups in total. The number of benzene rings is 2. The smallest absolute Gasteiger partial charge is 0.433 e. The maximum absolute atomic E-state index is 12.1. The van der Waals surface area contributed by atoms with E-state index in [-0.39, 0.29) is 5.76 Å². The van der Waals surface area contributed by atoms with Crippen LogP contribution >= 0.6 is 0 Å². The molecular formula is C21H14N2O7. The summed E-state index contributed by atoms with van der Waals surface area (Å²) in [5.41, 5.74) is 1.98. The first-order valence-corrected chi connectivity index (χ1v) is 8.80. The van der Waals surface area contributed by atoms with E-state index >= 15 is 0 Å². The maximum atomic E-state index is 12.1. The molecule has 0 atom stereocenters. The summed E-state index contributed by atoms with van der Waals surface area (Å²) in [6.07, 6.45) is 2.23. The Labute approximate surface area is 168 Å². The van der Waals surface area contributed by atoms with Gasteiger partial charge in [-0.1, -0.05) is 18.2 Å². The molecule has 150 valence electrons. The van der Waals surface area contributed by atoms with E-state index in [4.69, 9.17) is 13.6 Å². The van der Waals surface area contributed by atoms with Crippen LogP contribution in [0.4, 0.5) is 11.6 Å². The van der Waals surface area contributed by atoms with E-state index in [1.54, 1.807) is 18.2 Å². The summed E-state index contributed by atoms with van der Waals surface area (Å²) in [6.45, 7) is -0.494. The van der Waals surface area contributed by atoms with E-state index in [1.807, 2.05) is 24.3 Å². The average Bonchev–Trinajstić information content (AvgIpc) is 3.35. The molecule has 4 rings (SSSR count). The number of furan rings is 2. The van der Waals surface area contributed by atoms with Crippen molar-refractivity contribution in [2.24, 2.45) is 0 Å². The van der Waals surface area contributed by atoms with Crippen LogP contribution in [-0.4, -0.2) is 23.4 Å². The number of carbonyl (C=O) groups is 2. The molecule has 0 aliphatic carbocycles. The van der Waals surface area contributed by atoms with Gasteiger partial charge in [0.2, 0.25) is 0 Å². The number of nitrogens with zero attached hydrogens (tertiary/aromatic N) is 1. The van der Waals surface area contributed by atoms with E-state index in [1.165, 1.54) is 18.2 Å². The zero-order valence-corrected chi connectivity index (χ0v) is 15.4. The first kappa shape index (κ1) is 18.9. The van der Waals surface area contributed by atoms with Crippen molar-refractivity contribution in [3.05, 3.63) is 76.5 Å². The van der Waals surface area contributed by atoms with Crippen LogP contribution in [0, 0.1) is 10.1 Å². The Morgan fingerprint density at radius 1 is 1.03 bits per heavy atom. The van der Waals surface area contributed by atoms with Gasteiger partial charge >= 0.3 is 11.9 Å². The van der Waals surface area contributed by atoms with E-state index in [2.05, 4.69) is 5.32 Å². The van der Waals surface area contributed by atoms with Crippen molar-refractivity contribution in [1.82, 2.24) is 0 Å². The number of ether oxygens (including phenoxy) is 1. The molecule has 1 amide bonds. The van der Waals surface area contributed by atoms with E-state index in [0.29, 0.717) is 11.3 Å². The second-order valence-electron chi connectivity index (χ2n) is 6.23. The molecule has 0 aliphatic rings. The minimum absolute atomic E-state index is 0.115. The third-order valence-corrected chi connectivity index (χ3v) is 4.18. The Morgan fingerprint density at radius 3 is 2.63 bits per heavy atom. The lowest BCUT2D eigenvalue weighted by molar-refractivity contribution is -0.402. The Kier molecular flexibility index (Phi) is 5.00. The zero-order chi connectivity index (χ0) is 21.1. The molecular weight excluding hydrogens is 392 g/mol. The number of hydrogen-bond acceptors (Lipinski definition) is 7. The number of amides is 1. The molecule has 9 heteroatoms. The molecule has 0 fully saturated rings. The Hall–Kier alpha value is -4.40. The third kappa shape index (κ3) is 4.04. The lowest BCUT2D eigenvalue weighted by atomic mass is 10.1. The highest BCUT2D eigenvalue weighted by Gasteiger charge is 2.12. The molecule has 0 spiro atoms. The van der Waals surface area contributed by atoms with Crippen molar-refractivity contribution in [3.8, 4) is 0 Å². The molecule has 0 saturated heterocycles. The minimum Gasteiger partial charge on any atom is -0.456 e. The summed E-state index contributed by atoms with van der Waals surface area (Å²) < 4.78 is 15.5. The average molecular weight is 406 g/mol. The topological polar surface area (TPSA) is 125 Å². The number of anilines is 1. The van der Waals surface area contributed by atoms with Gasteiger partial charge in [-0.05, 0) is 36.4 Å². The Balaban J connectivity index is 1.35. The molecule has 0 bridgehead atoms. The predicted octanol–water partition coefficient (Wildman–Crippen LogP) is 4.28. The number of nitrogens with one attached hydrogen (secondary N) is 1. The number of esters is 1. The third-order valence-electron chi connectivity index (χ3n) is 4.18. The summed E-state index contributed by atoms with van der Waals surface area (Å²) in [6, 6.07) is 15.3. The molecule has 0 unspecified atom stereocenters. The first-order chi connectivity index (χ1) is 14.5. The highest BCUT2D eigenvalue weighted by molar-refractivity contribution is 6.07. The fraction of sp³-hybridized carbons (Fsp3) is 0.0476. The van der Waals surface area contributed by atoms with Crippen molar-refractivity contribution in [1.29, 1.82) is 0 Å². The summed E-state index contributed by atoms with van der Waals surface area (Å²) in [7, 11) is 0. The molecule has 30 heavy (non-hydrogen) atoms. The molecule has 2 heterocycles. The monoisotopic (exact) mass is 406 g/mol. The predicted molar refractivity (Wildman–Crippen MR) is 108 cm³/mol. The summed E-state index contributed by atoms with van der Waals surface area (Å²) in [5.74, 6) is -1.63. The van der Waals surface area contributed by atoms with Gasteiger partial charge in [-0.25, -0.2) is 4.79 Å². The number of fused-ring (bicyclic) bond motifs is 3. The van der Waals surface area contributed by atoms with Gasteiger partial charge in [-0.2, -0.15) is 0 Å². The Morgan fingerprint density at radius 2 is 1.83 bits per heavy atom. The summed E-state index contributed by atoms with van der Waals surface area (Å²) >= 11 is 0. The number of nitro groups is 1. The molecule has 2 aromatic heterocycles. The van der Waals surface area contributed by atoms with Gasteiger partial charge in [-0.15, -0.1) is 0 Å². The van der Waals surface area contributed by atoms with E-state index < -0.39 is 29.3 Å². The largest absolute Gasteiger partial charge is 0.456 e. The number of carbonyl (C=O) groups excluding carboxylic acids is 2. The maximum Gasteiger partial charge on any atom is 0.433 e. The van der Waals surface area contributed by atoms with Crippen molar-refractivity contribution in [2.45, 2.75) is 0 Å².